The van der Waals surface area contributed by atoms with Crippen LogP contribution in [0, 0.1) is 0 Å². The van der Waals surface area contributed by atoms with E-state index in [1.165, 1.54) is 16.7 Å². The molecule has 0 aromatic carbocycles. The highest BCUT2D eigenvalue weighted by atomic mass is 32.2. The van der Waals surface area contributed by atoms with E-state index in [9.17, 15) is 4.79 Å². The predicted molar refractivity (Wildman–Crippen MR) is 54.8 cm³/mol. The Morgan fingerprint density at radius 2 is 2.21 bits per heavy atom. The summed E-state index contributed by atoms with van der Waals surface area (Å²) in [5.74, 6) is 0.736. The van der Waals surface area contributed by atoms with Crippen LogP contribution in [-0.4, -0.2) is 45.4 Å². The number of hydrogen-bond acceptors (Lipinski definition) is 5. The molecule has 0 atom stereocenters. The quantitative estimate of drug-likeness (QED) is 0.693. The van der Waals surface area contributed by atoms with E-state index in [1.54, 1.807) is 25.7 Å². The van der Waals surface area contributed by atoms with Gasteiger partial charge in [0, 0.05) is 21.1 Å². The molecule has 7 heteroatoms. The Labute approximate surface area is 86.5 Å². The fraction of sp³-hybridized carbons (Fsp3) is 0.571. The molecule has 1 rings (SSSR count). The SMILES string of the molecule is CN(C)C(=O)CSc1nnc(N)n1C. The molecule has 0 aliphatic carbocycles. The zero-order valence-electron chi connectivity index (χ0n) is 8.39. The van der Waals surface area contributed by atoms with Crippen molar-refractivity contribution in [2.75, 3.05) is 25.6 Å². The summed E-state index contributed by atoms with van der Waals surface area (Å²) in [6.07, 6.45) is 0. The molecule has 14 heavy (non-hydrogen) atoms. The summed E-state index contributed by atoms with van der Waals surface area (Å²) < 4.78 is 1.65. The molecule has 1 heterocycles. The number of carbonyl (C=O) groups excluding carboxylic acids is 1. The van der Waals surface area contributed by atoms with Crippen molar-refractivity contribution in [1.82, 2.24) is 19.7 Å². The molecule has 0 radical (unpaired) electrons. The van der Waals surface area contributed by atoms with Gasteiger partial charge in [-0.1, -0.05) is 11.8 Å². The van der Waals surface area contributed by atoms with Crippen LogP contribution < -0.4 is 5.73 Å². The second kappa shape index (κ2) is 4.32. The Balaban J connectivity index is 2.54. The smallest absolute Gasteiger partial charge is 0.232 e. The van der Waals surface area contributed by atoms with Gasteiger partial charge in [-0.05, 0) is 0 Å². The van der Waals surface area contributed by atoms with E-state index in [2.05, 4.69) is 10.2 Å². The van der Waals surface area contributed by atoms with Crippen LogP contribution in [0.4, 0.5) is 5.95 Å². The van der Waals surface area contributed by atoms with Crippen LogP contribution in [0.5, 0.6) is 0 Å². The lowest BCUT2D eigenvalue weighted by Gasteiger charge is -2.08. The largest absolute Gasteiger partial charge is 0.368 e. The Morgan fingerprint density at radius 1 is 1.57 bits per heavy atom. The number of nitrogen functional groups attached to an aromatic ring is 1. The summed E-state index contributed by atoms with van der Waals surface area (Å²) in [7, 11) is 5.19. The third kappa shape index (κ3) is 2.38. The van der Waals surface area contributed by atoms with Crippen molar-refractivity contribution in [2.45, 2.75) is 5.16 Å². The third-order valence-corrected chi connectivity index (χ3v) is 2.70. The fourth-order valence-corrected chi connectivity index (χ4v) is 1.60. The summed E-state index contributed by atoms with van der Waals surface area (Å²) in [6.45, 7) is 0. The number of thioether (sulfide) groups is 1. The minimum Gasteiger partial charge on any atom is -0.368 e. The Kier molecular flexibility index (Phi) is 3.34. The second-order valence-corrected chi connectivity index (χ2v) is 3.92. The Bertz CT molecular complexity index is 335. The molecule has 0 spiro atoms. The molecule has 0 bridgehead atoms. The monoisotopic (exact) mass is 215 g/mol. The number of hydrogen-bond donors (Lipinski definition) is 1. The maximum atomic E-state index is 11.3. The average molecular weight is 215 g/mol. The van der Waals surface area contributed by atoms with E-state index in [-0.39, 0.29) is 5.91 Å². The highest BCUT2D eigenvalue weighted by molar-refractivity contribution is 7.99. The van der Waals surface area contributed by atoms with Gasteiger partial charge in [0.05, 0.1) is 5.75 Å². The standard InChI is InChI=1S/C7H13N5OS/c1-11(2)5(13)4-14-7-10-9-6(8)12(7)3/h4H2,1-3H3,(H2,8,9). The predicted octanol–water partition coefficient (Wildman–Crippen LogP) is -0.422. The lowest BCUT2D eigenvalue weighted by molar-refractivity contribution is -0.125. The van der Waals surface area contributed by atoms with Gasteiger partial charge in [-0.2, -0.15) is 0 Å². The third-order valence-electron chi connectivity index (χ3n) is 1.69. The minimum atomic E-state index is 0.0385. The van der Waals surface area contributed by atoms with Crippen molar-refractivity contribution >= 4 is 23.6 Å². The first-order valence-electron chi connectivity index (χ1n) is 4.00. The summed E-state index contributed by atoms with van der Waals surface area (Å²) in [5.41, 5.74) is 5.49. The van der Waals surface area contributed by atoms with Crippen molar-refractivity contribution in [1.29, 1.82) is 0 Å². The summed E-state index contributed by atoms with van der Waals surface area (Å²) >= 11 is 1.32. The van der Waals surface area contributed by atoms with Crippen LogP contribution in [0.15, 0.2) is 5.16 Å². The fourth-order valence-electron chi connectivity index (χ4n) is 0.707. The molecule has 0 saturated carbocycles. The molecular weight excluding hydrogens is 202 g/mol. The molecule has 1 aromatic heterocycles. The van der Waals surface area contributed by atoms with Gasteiger partial charge >= 0.3 is 0 Å². The second-order valence-electron chi connectivity index (χ2n) is 2.98. The number of anilines is 1. The van der Waals surface area contributed by atoms with Crippen molar-refractivity contribution in [3.05, 3.63) is 0 Å². The Morgan fingerprint density at radius 3 is 2.64 bits per heavy atom. The van der Waals surface area contributed by atoms with Crippen molar-refractivity contribution in [3.63, 3.8) is 0 Å². The van der Waals surface area contributed by atoms with Gasteiger partial charge in [-0.3, -0.25) is 9.36 Å². The molecule has 1 aromatic rings. The average Bonchev–Trinajstić information content (AvgIpc) is 2.44. The molecule has 0 aliphatic heterocycles. The number of amides is 1. The maximum Gasteiger partial charge on any atom is 0.232 e. The molecule has 78 valence electrons. The van der Waals surface area contributed by atoms with E-state index in [1.807, 2.05) is 0 Å². The van der Waals surface area contributed by atoms with Gasteiger partial charge in [0.1, 0.15) is 0 Å². The van der Waals surface area contributed by atoms with Gasteiger partial charge in [-0.15, -0.1) is 10.2 Å². The molecule has 0 fully saturated rings. The number of carbonyl (C=O) groups is 1. The number of rotatable bonds is 3. The molecule has 2 N–H and O–H groups in total. The van der Waals surface area contributed by atoms with Crippen LogP contribution >= 0.6 is 11.8 Å². The molecule has 0 aliphatic rings. The van der Waals surface area contributed by atoms with Crippen LogP contribution in [0.1, 0.15) is 0 Å². The van der Waals surface area contributed by atoms with E-state index in [4.69, 9.17) is 5.73 Å². The first kappa shape index (κ1) is 10.8. The van der Waals surface area contributed by atoms with E-state index < -0.39 is 0 Å². The van der Waals surface area contributed by atoms with E-state index >= 15 is 0 Å². The lowest BCUT2D eigenvalue weighted by atomic mass is 10.6. The summed E-state index contributed by atoms with van der Waals surface area (Å²) in [4.78, 5) is 12.8. The zero-order chi connectivity index (χ0) is 10.7. The van der Waals surface area contributed by atoms with Gasteiger partial charge in [0.2, 0.25) is 11.9 Å². The van der Waals surface area contributed by atoms with E-state index in [0.29, 0.717) is 16.9 Å². The molecule has 0 unspecified atom stereocenters. The summed E-state index contributed by atoms with van der Waals surface area (Å²) in [5, 5.41) is 8.16. The maximum absolute atomic E-state index is 11.3. The van der Waals surface area contributed by atoms with Gasteiger partial charge in [-0.25, -0.2) is 0 Å². The van der Waals surface area contributed by atoms with Crippen LogP contribution in [0.3, 0.4) is 0 Å². The normalized spacial score (nSPS) is 10.2. The van der Waals surface area contributed by atoms with Crippen molar-refractivity contribution in [3.8, 4) is 0 Å². The van der Waals surface area contributed by atoms with Crippen LogP contribution in [-0.2, 0) is 11.8 Å². The minimum absolute atomic E-state index is 0.0385. The van der Waals surface area contributed by atoms with Gasteiger partial charge in [0.25, 0.3) is 0 Å². The topological polar surface area (TPSA) is 77.0 Å². The van der Waals surface area contributed by atoms with Crippen molar-refractivity contribution in [2.24, 2.45) is 7.05 Å². The lowest BCUT2D eigenvalue weighted by Crippen LogP contribution is -2.23. The van der Waals surface area contributed by atoms with Crippen LogP contribution in [0.2, 0.25) is 0 Å². The number of nitrogens with two attached hydrogens (primary N) is 1. The highest BCUT2D eigenvalue weighted by Gasteiger charge is 2.10. The first-order chi connectivity index (χ1) is 6.52. The zero-order valence-corrected chi connectivity index (χ0v) is 9.21. The summed E-state index contributed by atoms with van der Waals surface area (Å²) in [6, 6.07) is 0. The Hall–Kier alpha value is -1.24. The van der Waals surface area contributed by atoms with Crippen molar-refractivity contribution < 1.29 is 4.79 Å². The first-order valence-corrected chi connectivity index (χ1v) is 4.98. The van der Waals surface area contributed by atoms with Crippen LogP contribution in [0.25, 0.3) is 0 Å². The number of nitrogens with zero attached hydrogens (tertiary/aromatic N) is 4. The highest BCUT2D eigenvalue weighted by Crippen LogP contribution is 2.16. The molecular formula is C7H13N5OS. The molecule has 1 amide bonds. The molecule has 6 nitrogen and oxygen atoms in total. The molecule has 0 saturated heterocycles. The van der Waals surface area contributed by atoms with Gasteiger partial charge < -0.3 is 10.6 Å². The number of aromatic nitrogens is 3. The van der Waals surface area contributed by atoms with Gasteiger partial charge in [0.15, 0.2) is 5.16 Å². The van der Waals surface area contributed by atoms with E-state index in [0.717, 1.165) is 0 Å².